The number of nitrogens with one attached hydrogen (secondary N) is 1. The van der Waals surface area contributed by atoms with Crippen LogP contribution in [0.5, 0.6) is 0 Å². The summed E-state index contributed by atoms with van der Waals surface area (Å²) in [7, 11) is 3.05. The Morgan fingerprint density at radius 1 is 1.41 bits per heavy atom. The lowest BCUT2D eigenvalue weighted by Gasteiger charge is -2.17. The minimum atomic E-state index is -1.21. The number of ether oxygens (including phenoxy) is 1. The number of aromatic carboxylic acids is 1. The highest BCUT2D eigenvalue weighted by Crippen LogP contribution is 2.05. The second-order valence-electron chi connectivity index (χ2n) is 4.59. The molecule has 2 amide bonds. The fourth-order valence-corrected chi connectivity index (χ4v) is 1.69. The maximum absolute atomic E-state index is 12.1. The van der Waals surface area contributed by atoms with Crippen molar-refractivity contribution in [2.24, 2.45) is 0 Å². The number of rotatable bonds is 8. The molecule has 0 spiro atoms. The number of likely N-dealkylation sites (N-methyl/N-ethyl adjacent to an activating group) is 1. The summed E-state index contributed by atoms with van der Waals surface area (Å²) in [4.78, 5) is 39.5. The zero-order chi connectivity index (χ0) is 16.5. The van der Waals surface area contributed by atoms with Crippen LogP contribution in [-0.4, -0.2) is 66.6 Å². The number of carboxylic acids is 1. The van der Waals surface area contributed by atoms with Gasteiger partial charge in [0.15, 0.2) is 0 Å². The number of hydrogen-bond donors (Lipinski definition) is 2. The highest BCUT2D eigenvalue weighted by molar-refractivity contribution is 5.98. The van der Waals surface area contributed by atoms with Crippen LogP contribution >= 0.6 is 0 Å². The van der Waals surface area contributed by atoms with Crippen molar-refractivity contribution < 1.29 is 24.2 Å². The second kappa shape index (κ2) is 8.73. The highest BCUT2D eigenvalue weighted by Gasteiger charge is 2.16. The number of carboxylic acid groups (broad SMARTS) is 1. The molecule has 0 unspecified atom stereocenters. The molecule has 0 aliphatic heterocycles. The molecule has 0 saturated heterocycles. The van der Waals surface area contributed by atoms with E-state index in [4.69, 9.17) is 9.84 Å². The predicted octanol–water partition coefficient (Wildman–Crippen LogP) is 0.00450. The smallest absolute Gasteiger partial charge is 0.354 e. The van der Waals surface area contributed by atoms with Crippen molar-refractivity contribution in [2.45, 2.75) is 6.42 Å². The summed E-state index contributed by atoms with van der Waals surface area (Å²) in [5.41, 5.74) is -0.0506. The maximum Gasteiger partial charge on any atom is 0.354 e. The van der Waals surface area contributed by atoms with Gasteiger partial charge in [-0.05, 0) is 18.6 Å². The summed E-state index contributed by atoms with van der Waals surface area (Å²) in [6, 6.07) is 2.58. The molecule has 0 bridgehead atoms. The molecule has 22 heavy (non-hydrogen) atoms. The van der Waals surface area contributed by atoms with E-state index in [9.17, 15) is 14.4 Å². The van der Waals surface area contributed by atoms with Gasteiger partial charge in [0.05, 0.1) is 6.54 Å². The average Bonchev–Trinajstić information content (AvgIpc) is 2.50. The van der Waals surface area contributed by atoms with Crippen molar-refractivity contribution in [1.82, 2.24) is 15.2 Å². The summed E-state index contributed by atoms with van der Waals surface area (Å²) in [5, 5.41) is 11.5. The van der Waals surface area contributed by atoms with E-state index in [2.05, 4.69) is 10.3 Å². The number of aromatic nitrogens is 1. The van der Waals surface area contributed by atoms with Crippen molar-refractivity contribution in [2.75, 3.05) is 33.9 Å². The lowest BCUT2D eigenvalue weighted by Crippen LogP contribution is -2.38. The number of carbonyl (C=O) groups is 3. The number of amides is 2. The maximum atomic E-state index is 12.1. The molecule has 0 aromatic carbocycles. The van der Waals surface area contributed by atoms with Gasteiger partial charge in [-0.25, -0.2) is 9.78 Å². The first kappa shape index (κ1) is 17.6. The molecule has 120 valence electrons. The zero-order valence-electron chi connectivity index (χ0n) is 12.5. The van der Waals surface area contributed by atoms with Gasteiger partial charge in [-0.1, -0.05) is 0 Å². The molecule has 0 saturated carbocycles. The SMILES string of the molecule is COCCCNC(=O)CN(C)C(=O)c1ccnc(C(=O)O)c1. The van der Waals surface area contributed by atoms with Crippen LogP contribution in [0.1, 0.15) is 27.3 Å². The van der Waals surface area contributed by atoms with Crippen LogP contribution in [0.25, 0.3) is 0 Å². The summed E-state index contributed by atoms with van der Waals surface area (Å²) in [6.45, 7) is 0.897. The predicted molar refractivity (Wildman–Crippen MR) is 77.7 cm³/mol. The monoisotopic (exact) mass is 309 g/mol. The van der Waals surface area contributed by atoms with Crippen molar-refractivity contribution in [3.63, 3.8) is 0 Å². The molecule has 0 radical (unpaired) electrons. The first-order valence-corrected chi connectivity index (χ1v) is 6.66. The molecule has 2 N–H and O–H groups in total. The van der Waals surface area contributed by atoms with Gasteiger partial charge in [-0.3, -0.25) is 9.59 Å². The Balaban J connectivity index is 2.56. The first-order valence-electron chi connectivity index (χ1n) is 6.66. The Morgan fingerprint density at radius 3 is 2.77 bits per heavy atom. The molecule has 0 atom stereocenters. The highest BCUT2D eigenvalue weighted by atomic mass is 16.5. The van der Waals surface area contributed by atoms with Crippen LogP contribution in [0.4, 0.5) is 0 Å². The lowest BCUT2D eigenvalue weighted by molar-refractivity contribution is -0.121. The van der Waals surface area contributed by atoms with Crippen molar-refractivity contribution in [1.29, 1.82) is 0 Å². The molecule has 1 aromatic heterocycles. The molecule has 0 fully saturated rings. The van der Waals surface area contributed by atoms with Crippen molar-refractivity contribution >= 4 is 17.8 Å². The van der Waals surface area contributed by atoms with E-state index in [-0.39, 0.29) is 23.7 Å². The quantitative estimate of drug-likeness (QED) is 0.655. The second-order valence-corrected chi connectivity index (χ2v) is 4.59. The molecule has 8 nitrogen and oxygen atoms in total. The third-order valence-electron chi connectivity index (χ3n) is 2.80. The Labute approximate surface area is 128 Å². The minimum Gasteiger partial charge on any atom is -0.477 e. The Morgan fingerprint density at radius 2 is 2.14 bits per heavy atom. The van der Waals surface area contributed by atoms with E-state index >= 15 is 0 Å². The van der Waals surface area contributed by atoms with E-state index in [0.29, 0.717) is 19.6 Å². The van der Waals surface area contributed by atoms with Crippen LogP contribution in [0.3, 0.4) is 0 Å². The third-order valence-corrected chi connectivity index (χ3v) is 2.80. The molecular weight excluding hydrogens is 290 g/mol. The van der Waals surface area contributed by atoms with Gasteiger partial charge in [-0.15, -0.1) is 0 Å². The Hall–Kier alpha value is -2.48. The number of methoxy groups -OCH3 is 1. The third kappa shape index (κ3) is 5.49. The molecule has 8 heteroatoms. The van der Waals surface area contributed by atoms with E-state index < -0.39 is 11.9 Å². The Kier molecular flexibility index (Phi) is 6.97. The van der Waals surface area contributed by atoms with Crippen LogP contribution in [0, 0.1) is 0 Å². The van der Waals surface area contributed by atoms with E-state index in [1.54, 1.807) is 7.11 Å². The summed E-state index contributed by atoms with van der Waals surface area (Å²) >= 11 is 0. The standard InChI is InChI=1S/C14H19N3O5/c1-17(9-12(18)16-5-3-7-22-2)13(19)10-4-6-15-11(8-10)14(20)21/h4,6,8H,3,5,7,9H2,1-2H3,(H,16,18)(H,20,21). The van der Waals surface area contributed by atoms with Crippen molar-refractivity contribution in [3.8, 4) is 0 Å². The van der Waals surface area contributed by atoms with Crippen LogP contribution in [-0.2, 0) is 9.53 Å². The molecule has 1 rings (SSSR count). The molecule has 0 aliphatic carbocycles. The van der Waals surface area contributed by atoms with Crippen molar-refractivity contribution in [3.05, 3.63) is 29.6 Å². The topological polar surface area (TPSA) is 109 Å². The van der Waals surface area contributed by atoms with Gasteiger partial charge in [0, 0.05) is 39.1 Å². The van der Waals surface area contributed by atoms with Crippen LogP contribution < -0.4 is 5.32 Å². The average molecular weight is 309 g/mol. The zero-order valence-corrected chi connectivity index (χ0v) is 12.5. The first-order chi connectivity index (χ1) is 10.5. The van der Waals surface area contributed by atoms with Gasteiger partial charge >= 0.3 is 5.97 Å². The van der Waals surface area contributed by atoms with Gasteiger partial charge < -0.3 is 20.1 Å². The molecule has 1 heterocycles. The molecule has 1 aromatic rings. The fraction of sp³-hybridized carbons (Fsp3) is 0.429. The normalized spacial score (nSPS) is 10.1. The van der Waals surface area contributed by atoms with Crippen LogP contribution in [0.15, 0.2) is 18.3 Å². The molecular formula is C14H19N3O5. The Bertz CT molecular complexity index is 547. The van der Waals surface area contributed by atoms with Gasteiger partial charge in [0.2, 0.25) is 5.91 Å². The summed E-state index contributed by atoms with van der Waals surface area (Å²) < 4.78 is 4.86. The van der Waals surface area contributed by atoms with Gasteiger partial charge in [0.25, 0.3) is 5.91 Å². The van der Waals surface area contributed by atoms with Gasteiger partial charge in [-0.2, -0.15) is 0 Å². The van der Waals surface area contributed by atoms with Gasteiger partial charge in [0.1, 0.15) is 5.69 Å². The van der Waals surface area contributed by atoms with Crippen LogP contribution in [0.2, 0.25) is 0 Å². The lowest BCUT2D eigenvalue weighted by atomic mass is 10.2. The summed E-state index contributed by atoms with van der Waals surface area (Å²) in [6.07, 6.45) is 1.93. The van der Waals surface area contributed by atoms with E-state index in [0.717, 1.165) is 0 Å². The molecule has 0 aliphatic rings. The summed E-state index contributed by atoms with van der Waals surface area (Å²) in [5.74, 6) is -1.95. The van der Waals surface area contributed by atoms with E-state index in [1.807, 2.05) is 0 Å². The number of carbonyl (C=O) groups excluding carboxylic acids is 2. The number of hydrogen-bond acceptors (Lipinski definition) is 5. The minimum absolute atomic E-state index is 0.115. The fourth-order valence-electron chi connectivity index (χ4n) is 1.69. The van der Waals surface area contributed by atoms with E-state index in [1.165, 1.54) is 30.3 Å². The number of pyridine rings is 1. The largest absolute Gasteiger partial charge is 0.477 e. The number of nitrogens with zero attached hydrogens (tertiary/aromatic N) is 2.